The number of halogens is 1. The summed E-state index contributed by atoms with van der Waals surface area (Å²) in [6.07, 6.45) is 0. The highest BCUT2D eigenvalue weighted by Crippen LogP contribution is 2.31. The zero-order valence-electron chi connectivity index (χ0n) is 15.2. The minimum Gasteiger partial charge on any atom is -0.495 e. The molecule has 0 spiro atoms. The number of aromatic amines is 1. The monoisotopic (exact) mass is 402 g/mol. The molecule has 0 aliphatic heterocycles. The molecular formula is C19H19ClN4O2S. The van der Waals surface area contributed by atoms with Crippen LogP contribution in [0, 0.1) is 13.8 Å². The van der Waals surface area contributed by atoms with Crippen molar-refractivity contribution in [3.8, 4) is 17.1 Å². The molecule has 0 unspecified atom stereocenters. The zero-order chi connectivity index (χ0) is 19.4. The van der Waals surface area contributed by atoms with Gasteiger partial charge in [-0.3, -0.25) is 9.89 Å². The zero-order valence-corrected chi connectivity index (χ0v) is 16.7. The lowest BCUT2D eigenvalue weighted by molar-refractivity contribution is -0.113. The van der Waals surface area contributed by atoms with Crippen LogP contribution in [0.1, 0.15) is 11.1 Å². The third kappa shape index (κ3) is 4.81. The van der Waals surface area contributed by atoms with Crippen molar-refractivity contribution in [1.82, 2.24) is 15.2 Å². The van der Waals surface area contributed by atoms with Crippen molar-refractivity contribution in [2.24, 2.45) is 0 Å². The number of ether oxygens (including phenoxy) is 1. The van der Waals surface area contributed by atoms with Gasteiger partial charge in [-0.2, -0.15) is 0 Å². The van der Waals surface area contributed by atoms with Crippen molar-refractivity contribution in [2.45, 2.75) is 19.0 Å². The number of aryl methyl sites for hydroxylation is 2. The van der Waals surface area contributed by atoms with E-state index in [0.717, 1.165) is 11.1 Å². The molecule has 1 aromatic heterocycles. The number of thioether (sulfide) groups is 1. The summed E-state index contributed by atoms with van der Waals surface area (Å²) in [5.74, 6) is 1.19. The number of nitrogens with one attached hydrogen (secondary N) is 2. The Hall–Kier alpha value is -2.51. The van der Waals surface area contributed by atoms with Gasteiger partial charge in [-0.1, -0.05) is 53.2 Å². The summed E-state index contributed by atoms with van der Waals surface area (Å²) in [7, 11) is 1.53. The summed E-state index contributed by atoms with van der Waals surface area (Å²) in [6, 6.07) is 11.5. The van der Waals surface area contributed by atoms with E-state index >= 15 is 0 Å². The lowest BCUT2D eigenvalue weighted by atomic mass is 10.1. The molecule has 0 atom stereocenters. The van der Waals surface area contributed by atoms with Gasteiger partial charge in [-0.05, 0) is 25.5 Å². The van der Waals surface area contributed by atoms with Gasteiger partial charge < -0.3 is 10.1 Å². The molecule has 0 aliphatic carbocycles. The van der Waals surface area contributed by atoms with Crippen LogP contribution in [-0.4, -0.2) is 34.0 Å². The second kappa shape index (κ2) is 8.45. The SMILES string of the molecule is COc1cc(Cl)c(C)cc1NC(=O)CSc1n[nH]c(-c2ccc(C)cc2)n1. The minimum absolute atomic E-state index is 0.177. The fourth-order valence-electron chi connectivity index (χ4n) is 2.40. The Labute approximate surface area is 166 Å². The highest BCUT2D eigenvalue weighted by molar-refractivity contribution is 7.99. The largest absolute Gasteiger partial charge is 0.495 e. The highest BCUT2D eigenvalue weighted by Gasteiger charge is 2.12. The topological polar surface area (TPSA) is 79.9 Å². The van der Waals surface area contributed by atoms with Crippen LogP contribution in [0.3, 0.4) is 0 Å². The van der Waals surface area contributed by atoms with Crippen molar-refractivity contribution >= 4 is 35.0 Å². The number of rotatable bonds is 6. The molecule has 2 N–H and O–H groups in total. The smallest absolute Gasteiger partial charge is 0.234 e. The maximum atomic E-state index is 12.3. The maximum absolute atomic E-state index is 12.3. The summed E-state index contributed by atoms with van der Waals surface area (Å²) < 4.78 is 5.27. The first-order valence-corrected chi connectivity index (χ1v) is 9.59. The van der Waals surface area contributed by atoms with Crippen LogP contribution in [0.4, 0.5) is 5.69 Å². The third-order valence-electron chi connectivity index (χ3n) is 3.88. The van der Waals surface area contributed by atoms with Crippen LogP contribution in [0.25, 0.3) is 11.4 Å². The van der Waals surface area contributed by atoms with E-state index in [4.69, 9.17) is 16.3 Å². The lowest BCUT2D eigenvalue weighted by Crippen LogP contribution is -2.15. The molecule has 0 radical (unpaired) electrons. The van der Waals surface area contributed by atoms with Crippen LogP contribution in [0.5, 0.6) is 5.75 Å². The van der Waals surface area contributed by atoms with E-state index in [1.165, 1.54) is 24.4 Å². The van der Waals surface area contributed by atoms with E-state index in [1.807, 2.05) is 38.1 Å². The van der Waals surface area contributed by atoms with Crippen molar-refractivity contribution in [3.63, 3.8) is 0 Å². The molecule has 6 nitrogen and oxygen atoms in total. The number of methoxy groups -OCH3 is 1. The van der Waals surface area contributed by atoms with Crippen LogP contribution < -0.4 is 10.1 Å². The summed E-state index contributed by atoms with van der Waals surface area (Å²) in [5.41, 5.74) is 3.57. The Balaban J connectivity index is 1.62. The van der Waals surface area contributed by atoms with Crippen LogP contribution >= 0.6 is 23.4 Å². The van der Waals surface area contributed by atoms with Gasteiger partial charge in [0.05, 0.1) is 18.6 Å². The summed E-state index contributed by atoms with van der Waals surface area (Å²) in [6.45, 7) is 3.90. The molecule has 3 aromatic rings. The molecule has 27 heavy (non-hydrogen) atoms. The number of nitrogens with zero attached hydrogens (tertiary/aromatic N) is 2. The van der Waals surface area contributed by atoms with Gasteiger partial charge in [0, 0.05) is 16.7 Å². The number of anilines is 1. The van der Waals surface area contributed by atoms with Crippen molar-refractivity contribution in [3.05, 3.63) is 52.5 Å². The van der Waals surface area contributed by atoms with Crippen LogP contribution in [0.2, 0.25) is 5.02 Å². The van der Waals surface area contributed by atoms with Gasteiger partial charge in [0.15, 0.2) is 5.82 Å². The van der Waals surface area contributed by atoms with Gasteiger partial charge >= 0.3 is 0 Å². The normalized spacial score (nSPS) is 10.7. The van der Waals surface area contributed by atoms with Crippen molar-refractivity contribution in [2.75, 3.05) is 18.2 Å². The average molecular weight is 403 g/mol. The second-order valence-electron chi connectivity index (χ2n) is 5.97. The fraction of sp³-hybridized carbons (Fsp3) is 0.211. The van der Waals surface area contributed by atoms with Gasteiger partial charge in [0.2, 0.25) is 11.1 Å². The Kier molecular flexibility index (Phi) is 6.03. The Morgan fingerprint density at radius 2 is 2.00 bits per heavy atom. The number of hydrogen-bond donors (Lipinski definition) is 2. The molecule has 0 aliphatic rings. The van der Waals surface area contributed by atoms with Crippen LogP contribution in [0.15, 0.2) is 41.6 Å². The predicted octanol–water partition coefficient (Wildman–Crippen LogP) is 4.48. The van der Waals surface area contributed by atoms with E-state index in [0.29, 0.717) is 27.4 Å². The van der Waals surface area contributed by atoms with Gasteiger partial charge in [0.1, 0.15) is 5.75 Å². The Morgan fingerprint density at radius 3 is 2.70 bits per heavy atom. The first kappa shape index (κ1) is 19.3. The van der Waals surface area contributed by atoms with Crippen molar-refractivity contribution in [1.29, 1.82) is 0 Å². The Morgan fingerprint density at radius 1 is 1.26 bits per heavy atom. The average Bonchev–Trinajstić information content (AvgIpc) is 3.12. The van der Waals surface area contributed by atoms with E-state index in [-0.39, 0.29) is 11.7 Å². The number of carbonyl (C=O) groups excluding carboxylic acids is 1. The molecule has 0 saturated heterocycles. The summed E-state index contributed by atoms with van der Waals surface area (Å²) in [4.78, 5) is 16.7. The molecule has 1 amide bonds. The second-order valence-corrected chi connectivity index (χ2v) is 7.32. The van der Waals surface area contributed by atoms with E-state index in [2.05, 4.69) is 20.5 Å². The van der Waals surface area contributed by atoms with E-state index < -0.39 is 0 Å². The Bertz CT molecular complexity index is 957. The minimum atomic E-state index is -0.179. The molecular weight excluding hydrogens is 384 g/mol. The van der Waals surface area contributed by atoms with E-state index in [1.54, 1.807) is 12.1 Å². The molecule has 1 heterocycles. The molecule has 140 valence electrons. The number of aromatic nitrogens is 3. The quantitative estimate of drug-likeness (QED) is 0.594. The highest BCUT2D eigenvalue weighted by atomic mass is 35.5. The fourth-order valence-corrected chi connectivity index (χ4v) is 3.15. The third-order valence-corrected chi connectivity index (χ3v) is 5.13. The van der Waals surface area contributed by atoms with Gasteiger partial charge in [0.25, 0.3) is 0 Å². The number of amides is 1. The van der Waals surface area contributed by atoms with Crippen molar-refractivity contribution < 1.29 is 9.53 Å². The molecule has 0 fully saturated rings. The van der Waals surface area contributed by atoms with Crippen LogP contribution in [-0.2, 0) is 4.79 Å². The molecule has 2 aromatic carbocycles. The molecule has 3 rings (SSSR count). The molecule has 0 bridgehead atoms. The van der Waals surface area contributed by atoms with Gasteiger partial charge in [-0.15, -0.1) is 5.10 Å². The first-order valence-electron chi connectivity index (χ1n) is 8.22. The van der Waals surface area contributed by atoms with Gasteiger partial charge in [-0.25, -0.2) is 4.98 Å². The molecule has 0 saturated carbocycles. The molecule has 8 heteroatoms. The number of H-pyrrole nitrogens is 1. The lowest BCUT2D eigenvalue weighted by Gasteiger charge is -2.11. The number of benzene rings is 2. The maximum Gasteiger partial charge on any atom is 0.234 e. The standard InChI is InChI=1S/C19H19ClN4O2S/c1-11-4-6-13(7-5-11)18-22-19(24-23-18)27-10-17(25)21-15-8-12(2)14(20)9-16(15)26-3/h4-9H,10H2,1-3H3,(H,21,25)(H,22,23,24). The first-order chi connectivity index (χ1) is 13.0. The number of hydrogen-bond acceptors (Lipinski definition) is 5. The van der Waals surface area contributed by atoms with E-state index in [9.17, 15) is 4.79 Å². The summed E-state index contributed by atoms with van der Waals surface area (Å²) >= 11 is 7.34. The predicted molar refractivity (Wildman–Crippen MR) is 109 cm³/mol. The number of carbonyl (C=O) groups is 1. The summed E-state index contributed by atoms with van der Waals surface area (Å²) in [5, 5.41) is 11.0.